The lowest BCUT2D eigenvalue weighted by molar-refractivity contribution is -0.485. The smallest absolute Gasteiger partial charge is 0.416 e. The zero-order chi connectivity index (χ0) is 20.8. The highest BCUT2D eigenvalue weighted by atomic mass is 19.4. The van der Waals surface area contributed by atoms with Crippen LogP contribution in [-0.4, -0.2) is 36.6 Å². The Balaban J connectivity index is 3.70. The van der Waals surface area contributed by atoms with E-state index in [1.165, 1.54) is 19.9 Å². The molecule has 0 aliphatic rings. The first-order valence-corrected chi connectivity index (χ1v) is 8.12. The standard InChI is InChI=1S/C17H20F3NO6/c1-4-26-14(22)16(3,15(23)27-5-2)13(10-21(24)25)11-8-6-7-9-12(11)17(18,19)20/h6-9,13H,4-5,10H2,1-3H3/t13-/m0/s1. The normalized spacial score (nSPS) is 13.0. The van der Waals surface area contributed by atoms with Crippen molar-refractivity contribution < 1.29 is 37.2 Å². The second-order valence-corrected chi connectivity index (χ2v) is 5.80. The molecule has 1 aromatic rings. The zero-order valence-electron chi connectivity index (χ0n) is 15.0. The third kappa shape index (κ3) is 4.95. The Morgan fingerprint density at radius 3 is 2.00 bits per heavy atom. The molecule has 0 aromatic heterocycles. The highest BCUT2D eigenvalue weighted by Crippen LogP contribution is 2.44. The van der Waals surface area contributed by atoms with Gasteiger partial charge in [0.1, 0.15) is 0 Å². The van der Waals surface area contributed by atoms with Gasteiger partial charge in [0.2, 0.25) is 6.54 Å². The Hall–Kier alpha value is -2.65. The molecule has 0 aliphatic heterocycles. The topological polar surface area (TPSA) is 95.7 Å². The summed E-state index contributed by atoms with van der Waals surface area (Å²) in [5.74, 6) is -4.12. The van der Waals surface area contributed by atoms with Crippen LogP contribution in [0.4, 0.5) is 13.2 Å². The lowest BCUT2D eigenvalue weighted by atomic mass is 9.71. The predicted molar refractivity (Wildman–Crippen MR) is 87.4 cm³/mol. The molecule has 1 atom stereocenters. The highest BCUT2D eigenvalue weighted by Gasteiger charge is 2.55. The fourth-order valence-electron chi connectivity index (χ4n) is 2.73. The van der Waals surface area contributed by atoms with E-state index in [0.717, 1.165) is 25.1 Å². The summed E-state index contributed by atoms with van der Waals surface area (Å²) >= 11 is 0. The highest BCUT2D eigenvalue weighted by molar-refractivity contribution is 6.01. The van der Waals surface area contributed by atoms with Gasteiger partial charge in [0.05, 0.1) is 24.7 Å². The van der Waals surface area contributed by atoms with Crippen molar-refractivity contribution in [1.82, 2.24) is 0 Å². The fourth-order valence-corrected chi connectivity index (χ4v) is 2.73. The van der Waals surface area contributed by atoms with E-state index in [2.05, 4.69) is 0 Å². The lowest BCUT2D eigenvalue weighted by Crippen LogP contribution is -2.47. The Morgan fingerprint density at radius 1 is 1.11 bits per heavy atom. The molecule has 150 valence electrons. The predicted octanol–water partition coefficient (Wildman–Crippen LogP) is 3.20. The van der Waals surface area contributed by atoms with Crippen LogP contribution < -0.4 is 0 Å². The summed E-state index contributed by atoms with van der Waals surface area (Å²) in [7, 11) is 0. The van der Waals surface area contributed by atoms with Crippen molar-refractivity contribution in [3.63, 3.8) is 0 Å². The second-order valence-electron chi connectivity index (χ2n) is 5.80. The van der Waals surface area contributed by atoms with E-state index in [1.807, 2.05) is 0 Å². The zero-order valence-corrected chi connectivity index (χ0v) is 15.0. The molecule has 0 amide bonds. The van der Waals surface area contributed by atoms with Gasteiger partial charge in [-0.3, -0.25) is 19.7 Å². The molecule has 10 heteroatoms. The quantitative estimate of drug-likeness (QED) is 0.292. The number of rotatable bonds is 8. The van der Waals surface area contributed by atoms with Gasteiger partial charge in [0.25, 0.3) is 0 Å². The molecule has 0 spiro atoms. The summed E-state index contributed by atoms with van der Waals surface area (Å²) in [5.41, 5.74) is -4.05. The molecule has 0 bridgehead atoms. The van der Waals surface area contributed by atoms with Crippen molar-refractivity contribution >= 4 is 11.9 Å². The number of nitro groups is 1. The number of hydrogen-bond donors (Lipinski definition) is 0. The number of esters is 2. The first-order chi connectivity index (χ1) is 12.5. The Bertz CT molecular complexity index is 686. The van der Waals surface area contributed by atoms with Crippen LogP contribution in [0.1, 0.15) is 37.8 Å². The van der Waals surface area contributed by atoms with Gasteiger partial charge < -0.3 is 9.47 Å². The summed E-state index contributed by atoms with van der Waals surface area (Å²) in [6.45, 7) is 2.46. The van der Waals surface area contributed by atoms with Crippen LogP contribution in [-0.2, 0) is 25.2 Å². The molecule has 0 aliphatic carbocycles. The molecular formula is C17H20F3NO6. The van der Waals surface area contributed by atoms with Crippen LogP contribution in [0.25, 0.3) is 0 Å². The van der Waals surface area contributed by atoms with Crippen molar-refractivity contribution in [3.05, 3.63) is 45.5 Å². The Kier molecular flexibility index (Phi) is 7.32. The van der Waals surface area contributed by atoms with Crippen LogP contribution in [0.5, 0.6) is 0 Å². The molecule has 7 nitrogen and oxygen atoms in total. The minimum atomic E-state index is -4.84. The summed E-state index contributed by atoms with van der Waals surface area (Å²) in [4.78, 5) is 35.3. The molecule has 0 N–H and O–H groups in total. The van der Waals surface area contributed by atoms with Crippen molar-refractivity contribution in [2.45, 2.75) is 32.9 Å². The number of benzene rings is 1. The molecule has 1 aromatic carbocycles. The van der Waals surface area contributed by atoms with Gasteiger partial charge in [-0.25, -0.2) is 0 Å². The van der Waals surface area contributed by atoms with Gasteiger partial charge in [-0.15, -0.1) is 0 Å². The first kappa shape index (κ1) is 22.4. The number of ether oxygens (including phenoxy) is 2. The Morgan fingerprint density at radius 2 is 1.59 bits per heavy atom. The molecule has 0 unspecified atom stereocenters. The van der Waals surface area contributed by atoms with Gasteiger partial charge in [-0.1, -0.05) is 18.2 Å². The molecule has 0 saturated carbocycles. The average molecular weight is 391 g/mol. The summed E-state index contributed by atoms with van der Waals surface area (Å²) < 4.78 is 50.0. The van der Waals surface area contributed by atoms with Gasteiger partial charge in [-0.2, -0.15) is 13.2 Å². The summed E-state index contributed by atoms with van der Waals surface area (Å²) in [5, 5.41) is 11.2. The number of alkyl halides is 3. The van der Waals surface area contributed by atoms with Crippen LogP contribution in [0, 0.1) is 15.5 Å². The maximum Gasteiger partial charge on any atom is 0.416 e. The van der Waals surface area contributed by atoms with Gasteiger partial charge in [-0.05, 0) is 32.4 Å². The molecule has 1 rings (SSSR count). The van der Waals surface area contributed by atoms with E-state index in [-0.39, 0.29) is 13.2 Å². The lowest BCUT2D eigenvalue weighted by Gasteiger charge is -2.32. The maximum absolute atomic E-state index is 13.4. The van der Waals surface area contributed by atoms with Crippen LogP contribution in [0.3, 0.4) is 0 Å². The second kappa shape index (κ2) is 8.83. The number of hydrogen-bond acceptors (Lipinski definition) is 6. The van der Waals surface area contributed by atoms with Gasteiger partial charge in [0.15, 0.2) is 5.41 Å². The minimum absolute atomic E-state index is 0.167. The average Bonchev–Trinajstić information content (AvgIpc) is 2.58. The van der Waals surface area contributed by atoms with Gasteiger partial charge >= 0.3 is 18.1 Å². The van der Waals surface area contributed by atoms with Crippen LogP contribution in [0.15, 0.2) is 24.3 Å². The number of carbonyl (C=O) groups is 2. The van der Waals surface area contributed by atoms with Crippen molar-refractivity contribution in [2.75, 3.05) is 19.8 Å². The van der Waals surface area contributed by atoms with E-state index in [1.54, 1.807) is 0 Å². The van der Waals surface area contributed by atoms with Crippen molar-refractivity contribution in [2.24, 2.45) is 5.41 Å². The number of nitrogens with zero attached hydrogens (tertiary/aromatic N) is 1. The van der Waals surface area contributed by atoms with Crippen LogP contribution in [0.2, 0.25) is 0 Å². The third-order valence-electron chi connectivity index (χ3n) is 4.07. The Labute approximate surface area is 153 Å². The molecule has 27 heavy (non-hydrogen) atoms. The largest absolute Gasteiger partial charge is 0.465 e. The third-order valence-corrected chi connectivity index (χ3v) is 4.07. The minimum Gasteiger partial charge on any atom is -0.465 e. The molecule has 0 heterocycles. The summed E-state index contributed by atoms with van der Waals surface area (Å²) in [6, 6.07) is 4.10. The number of carbonyl (C=O) groups excluding carboxylic acids is 2. The van der Waals surface area contributed by atoms with Crippen LogP contribution >= 0.6 is 0 Å². The fraction of sp³-hybridized carbons (Fsp3) is 0.529. The van der Waals surface area contributed by atoms with Crippen molar-refractivity contribution in [1.29, 1.82) is 0 Å². The maximum atomic E-state index is 13.4. The molecular weight excluding hydrogens is 371 g/mol. The molecule has 0 saturated heterocycles. The van der Waals surface area contributed by atoms with E-state index >= 15 is 0 Å². The molecule has 0 fully saturated rings. The van der Waals surface area contributed by atoms with E-state index < -0.39 is 52.0 Å². The van der Waals surface area contributed by atoms with E-state index in [0.29, 0.717) is 0 Å². The van der Waals surface area contributed by atoms with E-state index in [9.17, 15) is 32.9 Å². The number of halogens is 3. The van der Waals surface area contributed by atoms with Gasteiger partial charge in [0, 0.05) is 4.92 Å². The molecule has 0 radical (unpaired) electrons. The first-order valence-electron chi connectivity index (χ1n) is 8.12. The monoisotopic (exact) mass is 391 g/mol. The van der Waals surface area contributed by atoms with Crippen molar-refractivity contribution in [3.8, 4) is 0 Å². The summed E-state index contributed by atoms with van der Waals surface area (Å²) in [6.07, 6.45) is -4.84. The van der Waals surface area contributed by atoms with E-state index in [4.69, 9.17) is 9.47 Å². The SMILES string of the molecule is CCOC(=O)C(C)(C(=O)OCC)[C@@H](C[N+](=O)[O-])c1ccccc1C(F)(F)F.